The molecule has 2 atom stereocenters. The lowest BCUT2D eigenvalue weighted by Gasteiger charge is -2.19. The van der Waals surface area contributed by atoms with E-state index in [1.165, 1.54) is 64.2 Å². The molecule has 1 saturated heterocycles. The molecule has 102 valence electrons. The molecule has 2 heteroatoms. The molecule has 2 nitrogen and oxygen atoms in total. The number of rotatable bonds is 10. The second-order valence-electron chi connectivity index (χ2n) is 5.50. The van der Waals surface area contributed by atoms with Gasteiger partial charge in [-0.05, 0) is 12.8 Å². The van der Waals surface area contributed by atoms with E-state index in [4.69, 9.17) is 0 Å². The van der Waals surface area contributed by atoms with Gasteiger partial charge in [-0.2, -0.15) is 0 Å². The maximum Gasteiger partial charge on any atom is 0.0459 e. The summed E-state index contributed by atoms with van der Waals surface area (Å²) in [6, 6.07) is 1.49. The molecule has 0 aliphatic carbocycles. The van der Waals surface area contributed by atoms with Crippen molar-refractivity contribution in [2.75, 3.05) is 6.67 Å². The molecule has 0 aromatic carbocycles. The minimum atomic E-state index is 0.744. The molecule has 0 saturated carbocycles. The SMILES string of the molecule is CCCCCCC1NCNC1CCCCCC. The van der Waals surface area contributed by atoms with Gasteiger partial charge in [-0.3, -0.25) is 0 Å². The lowest BCUT2D eigenvalue weighted by Crippen LogP contribution is -2.33. The predicted octanol–water partition coefficient (Wildman–Crippen LogP) is 3.81. The van der Waals surface area contributed by atoms with E-state index in [2.05, 4.69) is 24.5 Å². The largest absolute Gasteiger partial charge is 0.300 e. The maximum atomic E-state index is 3.61. The van der Waals surface area contributed by atoms with Crippen molar-refractivity contribution in [2.24, 2.45) is 0 Å². The van der Waals surface area contributed by atoms with Crippen molar-refractivity contribution < 1.29 is 0 Å². The number of hydrogen-bond acceptors (Lipinski definition) is 2. The van der Waals surface area contributed by atoms with Gasteiger partial charge in [-0.25, -0.2) is 0 Å². The van der Waals surface area contributed by atoms with Crippen molar-refractivity contribution in [3.05, 3.63) is 0 Å². The van der Waals surface area contributed by atoms with Crippen LogP contribution in [0.2, 0.25) is 0 Å². The summed E-state index contributed by atoms with van der Waals surface area (Å²) < 4.78 is 0. The smallest absolute Gasteiger partial charge is 0.0459 e. The highest BCUT2D eigenvalue weighted by Crippen LogP contribution is 2.16. The Morgan fingerprint density at radius 1 is 0.706 bits per heavy atom. The molecule has 1 fully saturated rings. The van der Waals surface area contributed by atoms with Crippen LogP contribution in [0, 0.1) is 0 Å². The van der Waals surface area contributed by atoms with Gasteiger partial charge in [0.1, 0.15) is 0 Å². The van der Waals surface area contributed by atoms with Crippen molar-refractivity contribution in [2.45, 2.75) is 90.1 Å². The first-order valence-corrected chi connectivity index (χ1v) is 7.85. The molecule has 1 heterocycles. The van der Waals surface area contributed by atoms with Crippen molar-refractivity contribution >= 4 is 0 Å². The van der Waals surface area contributed by atoms with Gasteiger partial charge in [0, 0.05) is 18.8 Å². The zero-order valence-corrected chi connectivity index (χ0v) is 11.9. The van der Waals surface area contributed by atoms with Crippen LogP contribution in [-0.4, -0.2) is 18.8 Å². The first-order chi connectivity index (χ1) is 8.38. The summed E-state index contributed by atoms with van der Waals surface area (Å²) in [7, 11) is 0. The molecule has 1 aliphatic heterocycles. The summed E-state index contributed by atoms with van der Waals surface area (Å²) in [4.78, 5) is 0. The van der Waals surface area contributed by atoms with E-state index in [0.717, 1.165) is 18.8 Å². The van der Waals surface area contributed by atoms with Crippen LogP contribution in [0.15, 0.2) is 0 Å². The third-order valence-electron chi connectivity index (χ3n) is 3.95. The first-order valence-electron chi connectivity index (χ1n) is 7.85. The molecule has 0 aromatic heterocycles. The van der Waals surface area contributed by atoms with Crippen molar-refractivity contribution in [3.8, 4) is 0 Å². The van der Waals surface area contributed by atoms with Crippen LogP contribution in [0.25, 0.3) is 0 Å². The average molecular weight is 240 g/mol. The molecule has 0 aromatic rings. The second kappa shape index (κ2) is 9.90. The molecular weight excluding hydrogens is 208 g/mol. The van der Waals surface area contributed by atoms with E-state index in [1.54, 1.807) is 0 Å². The normalized spacial score (nSPS) is 24.4. The fourth-order valence-corrected chi connectivity index (χ4v) is 2.79. The van der Waals surface area contributed by atoms with Crippen LogP contribution in [0.1, 0.15) is 78.1 Å². The van der Waals surface area contributed by atoms with Crippen LogP contribution in [0.3, 0.4) is 0 Å². The Morgan fingerprint density at radius 3 is 1.59 bits per heavy atom. The Bertz CT molecular complexity index is 152. The molecule has 1 aliphatic rings. The van der Waals surface area contributed by atoms with Gasteiger partial charge < -0.3 is 10.6 Å². The maximum absolute atomic E-state index is 3.61. The van der Waals surface area contributed by atoms with Crippen molar-refractivity contribution in [3.63, 3.8) is 0 Å². The van der Waals surface area contributed by atoms with E-state index in [-0.39, 0.29) is 0 Å². The number of unbranched alkanes of at least 4 members (excludes halogenated alkanes) is 6. The van der Waals surface area contributed by atoms with Gasteiger partial charge in [0.2, 0.25) is 0 Å². The lowest BCUT2D eigenvalue weighted by molar-refractivity contribution is 0.421. The summed E-state index contributed by atoms with van der Waals surface area (Å²) >= 11 is 0. The van der Waals surface area contributed by atoms with Crippen molar-refractivity contribution in [1.82, 2.24) is 10.6 Å². The highest BCUT2D eigenvalue weighted by molar-refractivity contribution is 4.87. The van der Waals surface area contributed by atoms with Crippen molar-refractivity contribution in [1.29, 1.82) is 0 Å². The minimum absolute atomic E-state index is 0.744. The molecular formula is C15H32N2. The Balaban J connectivity index is 2.06. The van der Waals surface area contributed by atoms with Crippen LogP contribution < -0.4 is 10.6 Å². The Hall–Kier alpha value is -0.0800. The molecule has 2 N–H and O–H groups in total. The average Bonchev–Trinajstić information content (AvgIpc) is 2.78. The minimum Gasteiger partial charge on any atom is -0.300 e. The van der Waals surface area contributed by atoms with Gasteiger partial charge in [0.15, 0.2) is 0 Å². The zero-order chi connectivity index (χ0) is 12.3. The van der Waals surface area contributed by atoms with Crippen LogP contribution >= 0.6 is 0 Å². The summed E-state index contributed by atoms with van der Waals surface area (Å²) in [6.07, 6.45) is 13.9. The van der Waals surface area contributed by atoms with Gasteiger partial charge in [-0.15, -0.1) is 0 Å². The van der Waals surface area contributed by atoms with E-state index in [1.807, 2.05) is 0 Å². The Morgan fingerprint density at radius 2 is 1.18 bits per heavy atom. The zero-order valence-electron chi connectivity index (χ0n) is 11.9. The number of nitrogens with one attached hydrogen (secondary N) is 2. The summed E-state index contributed by atoms with van der Waals surface area (Å²) in [6.45, 7) is 5.59. The Kier molecular flexibility index (Phi) is 8.72. The molecule has 0 spiro atoms. The third-order valence-corrected chi connectivity index (χ3v) is 3.95. The van der Waals surface area contributed by atoms with E-state index >= 15 is 0 Å². The molecule has 17 heavy (non-hydrogen) atoms. The van der Waals surface area contributed by atoms with Gasteiger partial charge in [0.05, 0.1) is 0 Å². The molecule has 0 amide bonds. The molecule has 0 radical (unpaired) electrons. The van der Waals surface area contributed by atoms with E-state index in [0.29, 0.717) is 0 Å². The lowest BCUT2D eigenvalue weighted by atomic mass is 9.97. The fraction of sp³-hybridized carbons (Fsp3) is 1.00. The summed E-state index contributed by atoms with van der Waals surface area (Å²) in [5.41, 5.74) is 0. The summed E-state index contributed by atoms with van der Waals surface area (Å²) in [5, 5.41) is 7.23. The van der Waals surface area contributed by atoms with Crippen LogP contribution in [0.5, 0.6) is 0 Å². The van der Waals surface area contributed by atoms with Crippen LogP contribution in [0.4, 0.5) is 0 Å². The topological polar surface area (TPSA) is 24.1 Å². The standard InChI is InChI=1S/C15H32N2/c1-3-5-7-9-11-14-15(17-13-16-14)12-10-8-6-4-2/h14-17H,3-13H2,1-2H3. The molecule has 2 unspecified atom stereocenters. The molecule has 0 bridgehead atoms. The highest BCUT2D eigenvalue weighted by atomic mass is 15.2. The highest BCUT2D eigenvalue weighted by Gasteiger charge is 2.24. The number of hydrogen-bond donors (Lipinski definition) is 2. The van der Waals surface area contributed by atoms with E-state index < -0.39 is 0 Å². The first kappa shape index (κ1) is 15.0. The van der Waals surface area contributed by atoms with Gasteiger partial charge in [0.25, 0.3) is 0 Å². The second-order valence-corrected chi connectivity index (χ2v) is 5.50. The van der Waals surface area contributed by atoms with Gasteiger partial charge in [-0.1, -0.05) is 65.2 Å². The quantitative estimate of drug-likeness (QED) is 0.567. The fourth-order valence-electron chi connectivity index (χ4n) is 2.79. The van der Waals surface area contributed by atoms with Gasteiger partial charge >= 0.3 is 0 Å². The molecule has 1 rings (SSSR count). The van der Waals surface area contributed by atoms with E-state index in [9.17, 15) is 0 Å². The third kappa shape index (κ3) is 6.42. The van der Waals surface area contributed by atoms with Crippen LogP contribution in [-0.2, 0) is 0 Å². The predicted molar refractivity (Wildman–Crippen MR) is 76.2 cm³/mol. The summed E-state index contributed by atoms with van der Waals surface area (Å²) in [5.74, 6) is 0. The monoisotopic (exact) mass is 240 g/mol. The Labute approximate surface area is 108 Å².